The number of ether oxygens (including phenoxy) is 4. The Labute approximate surface area is 216 Å². The van der Waals surface area contributed by atoms with Gasteiger partial charge >= 0.3 is 6.09 Å². The van der Waals surface area contributed by atoms with Crippen LogP contribution in [-0.4, -0.2) is 59.3 Å². The van der Waals surface area contributed by atoms with Crippen LogP contribution < -0.4 is 0 Å². The van der Waals surface area contributed by atoms with Gasteiger partial charge < -0.3 is 24.1 Å². The predicted molar refractivity (Wildman–Crippen MR) is 136 cm³/mol. The Morgan fingerprint density at radius 3 is 2.16 bits per heavy atom. The zero-order valence-corrected chi connectivity index (χ0v) is 20.7. The normalized spacial score (nSPS) is 32.3. The van der Waals surface area contributed by atoms with Crippen molar-refractivity contribution in [1.29, 1.82) is 0 Å². The maximum absolute atomic E-state index is 13.7. The van der Waals surface area contributed by atoms with Crippen molar-refractivity contribution in [3.05, 3.63) is 108 Å². The van der Waals surface area contributed by atoms with E-state index in [0.29, 0.717) is 13.2 Å². The topological polar surface area (TPSA) is 80.8 Å². The molecule has 1 amide bonds. The fourth-order valence-electron chi connectivity index (χ4n) is 5.98. The van der Waals surface area contributed by atoms with Crippen molar-refractivity contribution in [1.82, 2.24) is 4.90 Å². The van der Waals surface area contributed by atoms with Gasteiger partial charge in [0.15, 0.2) is 6.10 Å². The third-order valence-corrected chi connectivity index (χ3v) is 7.63. The van der Waals surface area contributed by atoms with Gasteiger partial charge in [-0.1, -0.05) is 91.0 Å². The Bertz CT molecular complexity index is 1210. The highest BCUT2D eigenvalue weighted by molar-refractivity contribution is 5.73. The van der Waals surface area contributed by atoms with Crippen molar-refractivity contribution < 1.29 is 28.8 Å². The molecule has 37 heavy (non-hydrogen) atoms. The number of aliphatic hydroxyl groups excluding tert-OH is 1. The molecule has 1 aliphatic carbocycles. The van der Waals surface area contributed by atoms with Crippen LogP contribution in [0.4, 0.5) is 4.79 Å². The van der Waals surface area contributed by atoms with Gasteiger partial charge in [0.2, 0.25) is 0 Å². The van der Waals surface area contributed by atoms with Gasteiger partial charge in [-0.2, -0.15) is 0 Å². The van der Waals surface area contributed by atoms with E-state index in [1.54, 1.807) is 4.90 Å². The van der Waals surface area contributed by atoms with E-state index in [1.165, 1.54) is 0 Å². The average molecular weight is 502 g/mol. The fraction of sp³-hybridized carbons (Fsp3) is 0.367. The molecule has 3 fully saturated rings. The minimum Gasteiger partial charge on any atom is -0.439 e. The molecule has 1 N–H and O–H groups in total. The number of hydrogen-bond donors (Lipinski definition) is 1. The Hall–Kier alpha value is -3.23. The first-order chi connectivity index (χ1) is 18.1. The van der Waals surface area contributed by atoms with Gasteiger partial charge in [0.25, 0.3) is 0 Å². The summed E-state index contributed by atoms with van der Waals surface area (Å²) in [7, 11) is 0. The van der Waals surface area contributed by atoms with Crippen LogP contribution in [0.1, 0.15) is 35.8 Å². The molecule has 192 valence electrons. The number of benzene rings is 3. The minimum atomic E-state index is -1.16. The van der Waals surface area contributed by atoms with Gasteiger partial charge in [-0.3, -0.25) is 4.90 Å². The summed E-state index contributed by atoms with van der Waals surface area (Å²) < 4.78 is 24.4. The SMILES string of the molecule is CCO[C@]1(COCc2ccccc2)[C@H](O)[C@@H]2O[C@@H]2[C@H]1N1C(=O)O[C@@H](c2ccccc2)[C@H]1c1ccccc1. The number of amides is 1. The number of cyclic esters (lactones) is 1. The molecular weight excluding hydrogens is 470 g/mol. The number of fused-ring (bicyclic) bond motifs is 1. The van der Waals surface area contributed by atoms with Gasteiger partial charge in [0.05, 0.1) is 19.3 Å². The quantitative estimate of drug-likeness (QED) is 0.437. The van der Waals surface area contributed by atoms with Crippen molar-refractivity contribution in [2.45, 2.75) is 55.6 Å². The summed E-state index contributed by atoms with van der Waals surface area (Å²) >= 11 is 0. The molecule has 3 aliphatic rings. The van der Waals surface area contributed by atoms with Crippen LogP contribution in [0.15, 0.2) is 91.0 Å². The van der Waals surface area contributed by atoms with Gasteiger partial charge in [0.1, 0.15) is 30.0 Å². The highest BCUT2D eigenvalue weighted by atomic mass is 16.6. The van der Waals surface area contributed by atoms with Crippen LogP contribution in [-0.2, 0) is 25.6 Å². The summed E-state index contributed by atoms with van der Waals surface area (Å²) in [5.74, 6) is 0. The van der Waals surface area contributed by atoms with E-state index in [0.717, 1.165) is 16.7 Å². The summed E-state index contributed by atoms with van der Waals surface area (Å²) in [5.41, 5.74) is 1.71. The van der Waals surface area contributed by atoms with E-state index in [4.69, 9.17) is 18.9 Å². The van der Waals surface area contributed by atoms with Crippen molar-refractivity contribution in [2.24, 2.45) is 0 Å². The molecule has 0 spiro atoms. The predicted octanol–water partition coefficient (Wildman–Crippen LogP) is 4.42. The van der Waals surface area contributed by atoms with Crippen LogP contribution in [0.3, 0.4) is 0 Å². The highest BCUT2D eigenvalue weighted by Gasteiger charge is 2.74. The van der Waals surface area contributed by atoms with Crippen molar-refractivity contribution in [3.8, 4) is 0 Å². The lowest BCUT2D eigenvalue weighted by Crippen LogP contribution is -2.62. The van der Waals surface area contributed by atoms with Crippen molar-refractivity contribution in [2.75, 3.05) is 13.2 Å². The minimum absolute atomic E-state index is 0.110. The number of epoxide rings is 1. The van der Waals surface area contributed by atoms with Gasteiger partial charge in [0, 0.05) is 6.61 Å². The lowest BCUT2D eigenvalue weighted by atomic mass is 9.89. The molecule has 0 unspecified atom stereocenters. The lowest BCUT2D eigenvalue weighted by Gasteiger charge is -2.44. The van der Waals surface area contributed by atoms with Crippen LogP contribution >= 0.6 is 0 Å². The second kappa shape index (κ2) is 9.91. The van der Waals surface area contributed by atoms with Gasteiger partial charge in [-0.15, -0.1) is 0 Å². The molecule has 1 saturated carbocycles. The highest BCUT2D eigenvalue weighted by Crippen LogP contribution is 2.55. The first-order valence-corrected chi connectivity index (χ1v) is 12.8. The van der Waals surface area contributed by atoms with Crippen LogP contribution in [0.2, 0.25) is 0 Å². The van der Waals surface area contributed by atoms with E-state index in [2.05, 4.69) is 0 Å². The average Bonchev–Trinajstić information content (AvgIpc) is 3.59. The van der Waals surface area contributed by atoms with E-state index in [1.807, 2.05) is 97.9 Å². The Kier molecular flexibility index (Phi) is 6.46. The molecule has 6 rings (SSSR count). The van der Waals surface area contributed by atoms with E-state index < -0.39 is 42.1 Å². The molecule has 0 aromatic heterocycles. The third kappa shape index (κ3) is 4.22. The smallest absolute Gasteiger partial charge is 0.411 e. The molecular formula is C30H31NO6. The summed E-state index contributed by atoms with van der Waals surface area (Å²) in [6.07, 6.45) is -2.70. The summed E-state index contributed by atoms with van der Waals surface area (Å²) in [4.78, 5) is 15.4. The van der Waals surface area contributed by atoms with E-state index >= 15 is 0 Å². The number of carbonyl (C=O) groups excluding carboxylic acids is 1. The standard InChI is InChI=1S/C30H31NO6/c1-2-35-30(19-34-18-20-12-6-3-7-13-20)27(25-26(36-25)28(30)32)31-23(21-14-8-4-9-15-21)24(37-29(31)33)22-16-10-5-11-17-22/h3-17,23-28,32H,2,18-19H2,1H3/t23-,24+,25+,26-,27-,28-,30+/m1/s1. The van der Waals surface area contributed by atoms with Crippen molar-refractivity contribution in [3.63, 3.8) is 0 Å². The largest absolute Gasteiger partial charge is 0.439 e. The second-order valence-electron chi connectivity index (χ2n) is 9.80. The number of aliphatic hydroxyl groups is 1. The Morgan fingerprint density at radius 2 is 1.51 bits per heavy atom. The maximum atomic E-state index is 13.7. The molecule has 7 atom stereocenters. The molecule has 7 nitrogen and oxygen atoms in total. The Balaban J connectivity index is 1.37. The Morgan fingerprint density at radius 1 is 0.892 bits per heavy atom. The number of rotatable bonds is 9. The number of hydrogen-bond acceptors (Lipinski definition) is 6. The molecule has 0 bridgehead atoms. The molecule has 2 heterocycles. The first kappa shape index (κ1) is 24.1. The molecule has 3 aromatic carbocycles. The summed E-state index contributed by atoms with van der Waals surface area (Å²) in [6.45, 7) is 2.71. The fourth-order valence-corrected chi connectivity index (χ4v) is 5.98. The maximum Gasteiger partial charge on any atom is 0.411 e. The molecule has 7 heteroatoms. The second-order valence-corrected chi connectivity index (χ2v) is 9.80. The third-order valence-electron chi connectivity index (χ3n) is 7.63. The van der Waals surface area contributed by atoms with E-state index in [-0.39, 0.29) is 12.7 Å². The molecule has 3 aromatic rings. The molecule has 2 saturated heterocycles. The van der Waals surface area contributed by atoms with Gasteiger partial charge in [-0.05, 0) is 23.6 Å². The van der Waals surface area contributed by atoms with E-state index in [9.17, 15) is 9.90 Å². The lowest BCUT2D eigenvalue weighted by molar-refractivity contribution is -0.191. The molecule has 2 aliphatic heterocycles. The summed E-state index contributed by atoms with van der Waals surface area (Å²) in [6, 6.07) is 28.5. The van der Waals surface area contributed by atoms with Crippen LogP contribution in [0.25, 0.3) is 0 Å². The van der Waals surface area contributed by atoms with Crippen LogP contribution in [0, 0.1) is 0 Å². The first-order valence-electron chi connectivity index (χ1n) is 12.8. The van der Waals surface area contributed by atoms with Crippen molar-refractivity contribution >= 4 is 6.09 Å². The molecule has 0 radical (unpaired) electrons. The summed E-state index contributed by atoms with van der Waals surface area (Å²) in [5, 5.41) is 11.4. The number of carbonyl (C=O) groups is 1. The zero-order valence-electron chi connectivity index (χ0n) is 20.7. The van der Waals surface area contributed by atoms with Gasteiger partial charge in [-0.25, -0.2) is 4.79 Å². The van der Waals surface area contributed by atoms with Crippen LogP contribution in [0.5, 0.6) is 0 Å². The number of nitrogens with zero attached hydrogens (tertiary/aromatic N) is 1. The monoisotopic (exact) mass is 501 g/mol. The zero-order chi connectivity index (χ0) is 25.4.